The number of rotatable bonds is 4. The standard InChI is InChI=1S/C16H15NO2/c1-19-16-11-9-15(10-12-16)17(18)13-5-8-14-6-3-2-4-7-14/h2-13H,1H3/b8-5+,17-13-. The summed E-state index contributed by atoms with van der Waals surface area (Å²) < 4.78 is 5.86. The topological polar surface area (TPSA) is 35.3 Å². The molecule has 2 aromatic rings. The number of hydrogen-bond donors (Lipinski definition) is 0. The van der Waals surface area contributed by atoms with Crippen molar-refractivity contribution >= 4 is 18.0 Å². The van der Waals surface area contributed by atoms with Gasteiger partial charge in [-0.05, 0) is 23.8 Å². The Hall–Kier alpha value is -2.55. The molecule has 0 aliphatic heterocycles. The van der Waals surface area contributed by atoms with Crippen molar-refractivity contribution in [3.63, 3.8) is 0 Å². The lowest BCUT2D eigenvalue weighted by Gasteiger charge is -2.02. The monoisotopic (exact) mass is 253 g/mol. The van der Waals surface area contributed by atoms with E-state index < -0.39 is 0 Å². The third-order valence-electron chi connectivity index (χ3n) is 2.64. The first-order valence-electron chi connectivity index (χ1n) is 5.96. The minimum Gasteiger partial charge on any atom is -0.618 e. The highest BCUT2D eigenvalue weighted by molar-refractivity contribution is 5.75. The summed E-state index contributed by atoms with van der Waals surface area (Å²) in [6, 6.07) is 16.8. The van der Waals surface area contributed by atoms with E-state index >= 15 is 0 Å². The zero-order valence-corrected chi connectivity index (χ0v) is 10.7. The fourth-order valence-electron chi connectivity index (χ4n) is 1.61. The van der Waals surface area contributed by atoms with Gasteiger partial charge in [0.25, 0.3) is 0 Å². The predicted octanol–water partition coefficient (Wildman–Crippen LogP) is 3.62. The predicted molar refractivity (Wildman–Crippen MR) is 77.8 cm³/mol. The van der Waals surface area contributed by atoms with Crippen molar-refractivity contribution < 1.29 is 9.48 Å². The van der Waals surface area contributed by atoms with Crippen LogP contribution in [0.4, 0.5) is 5.69 Å². The Labute approximate surface area is 112 Å². The van der Waals surface area contributed by atoms with Crippen LogP contribution in [0, 0.1) is 5.21 Å². The van der Waals surface area contributed by atoms with Crippen LogP contribution in [0.25, 0.3) is 6.08 Å². The Balaban J connectivity index is 2.08. The molecule has 19 heavy (non-hydrogen) atoms. The van der Waals surface area contributed by atoms with Crippen molar-refractivity contribution in [2.75, 3.05) is 7.11 Å². The minimum absolute atomic E-state index is 0.568. The van der Waals surface area contributed by atoms with E-state index in [1.54, 1.807) is 37.5 Å². The van der Waals surface area contributed by atoms with E-state index in [0.717, 1.165) is 16.1 Å². The molecular weight excluding hydrogens is 238 g/mol. The summed E-state index contributed by atoms with van der Waals surface area (Å²) in [4.78, 5) is 0. The van der Waals surface area contributed by atoms with E-state index in [9.17, 15) is 5.21 Å². The van der Waals surface area contributed by atoms with Crippen molar-refractivity contribution in [1.82, 2.24) is 0 Å². The van der Waals surface area contributed by atoms with Gasteiger partial charge in [0.2, 0.25) is 5.69 Å². The largest absolute Gasteiger partial charge is 0.618 e. The molecular formula is C16H15NO2. The Morgan fingerprint density at radius 1 is 1.00 bits per heavy atom. The molecule has 0 aliphatic carbocycles. The van der Waals surface area contributed by atoms with Crippen LogP contribution < -0.4 is 4.74 Å². The zero-order valence-electron chi connectivity index (χ0n) is 10.7. The molecule has 0 N–H and O–H groups in total. The molecule has 0 radical (unpaired) electrons. The van der Waals surface area contributed by atoms with Crippen molar-refractivity contribution in [1.29, 1.82) is 0 Å². The number of ether oxygens (including phenoxy) is 1. The molecule has 0 spiro atoms. The molecule has 0 unspecified atom stereocenters. The van der Waals surface area contributed by atoms with Crippen molar-refractivity contribution in [2.24, 2.45) is 0 Å². The van der Waals surface area contributed by atoms with Gasteiger partial charge in [0, 0.05) is 18.2 Å². The summed E-state index contributed by atoms with van der Waals surface area (Å²) in [5, 5.41) is 11.8. The Bertz CT molecular complexity index is 571. The highest BCUT2D eigenvalue weighted by Gasteiger charge is 1.99. The maximum absolute atomic E-state index is 11.8. The lowest BCUT2D eigenvalue weighted by molar-refractivity contribution is -0.354. The quantitative estimate of drug-likeness (QED) is 0.361. The molecule has 0 bridgehead atoms. The first kappa shape index (κ1) is 12.9. The Kier molecular flexibility index (Phi) is 4.34. The van der Waals surface area contributed by atoms with Crippen LogP contribution in [0.2, 0.25) is 0 Å². The number of nitrogens with zero attached hydrogens (tertiary/aromatic N) is 1. The molecule has 2 aromatic carbocycles. The number of allylic oxidation sites excluding steroid dienone is 1. The molecule has 0 heterocycles. The zero-order chi connectivity index (χ0) is 13.5. The van der Waals surface area contributed by atoms with Gasteiger partial charge in [-0.15, -0.1) is 0 Å². The molecule has 0 aliphatic rings. The fourth-order valence-corrected chi connectivity index (χ4v) is 1.61. The number of benzene rings is 2. The molecule has 0 aromatic heterocycles. The third-order valence-corrected chi connectivity index (χ3v) is 2.64. The van der Waals surface area contributed by atoms with Crippen LogP contribution in [0.1, 0.15) is 5.56 Å². The highest BCUT2D eigenvalue weighted by Crippen LogP contribution is 2.16. The third kappa shape index (κ3) is 3.71. The summed E-state index contributed by atoms with van der Waals surface area (Å²) in [6.07, 6.45) is 5.09. The van der Waals surface area contributed by atoms with E-state index in [-0.39, 0.29) is 0 Å². The molecule has 0 amide bonds. The molecule has 0 fully saturated rings. The smallest absolute Gasteiger partial charge is 0.216 e. The first-order valence-corrected chi connectivity index (χ1v) is 5.96. The van der Waals surface area contributed by atoms with Crippen molar-refractivity contribution in [2.45, 2.75) is 0 Å². The summed E-state index contributed by atoms with van der Waals surface area (Å²) in [5.41, 5.74) is 1.63. The second-order valence-corrected chi connectivity index (χ2v) is 3.94. The second-order valence-electron chi connectivity index (χ2n) is 3.94. The van der Waals surface area contributed by atoms with Gasteiger partial charge in [-0.25, -0.2) is 0 Å². The first-order chi connectivity index (χ1) is 9.29. The van der Waals surface area contributed by atoms with Crippen LogP contribution in [-0.4, -0.2) is 18.1 Å². The Morgan fingerprint density at radius 2 is 1.68 bits per heavy atom. The summed E-state index contributed by atoms with van der Waals surface area (Å²) in [5.74, 6) is 0.733. The minimum atomic E-state index is 0.568. The van der Waals surface area contributed by atoms with E-state index in [1.165, 1.54) is 6.21 Å². The van der Waals surface area contributed by atoms with Crippen molar-refractivity contribution in [3.05, 3.63) is 71.4 Å². The maximum Gasteiger partial charge on any atom is 0.216 e. The Morgan fingerprint density at radius 3 is 2.32 bits per heavy atom. The molecule has 3 heteroatoms. The van der Waals surface area contributed by atoms with Gasteiger partial charge in [0.15, 0.2) is 6.21 Å². The normalized spacial score (nSPS) is 11.7. The van der Waals surface area contributed by atoms with Crippen LogP contribution in [0.3, 0.4) is 0 Å². The van der Waals surface area contributed by atoms with E-state index in [1.807, 2.05) is 36.4 Å². The van der Waals surface area contributed by atoms with Crippen LogP contribution in [0.5, 0.6) is 5.75 Å². The number of hydrogen-bond acceptors (Lipinski definition) is 2. The van der Waals surface area contributed by atoms with E-state index in [2.05, 4.69) is 0 Å². The number of methoxy groups -OCH3 is 1. The molecule has 0 saturated heterocycles. The average molecular weight is 253 g/mol. The second kappa shape index (κ2) is 6.40. The van der Waals surface area contributed by atoms with Crippen LogP contribution in [0.15, 0.2) is 60.7 Å². The van der Waals surface area contributed by atoms with Crippen molar-refractivity contribution in [3.8, 4) is 5.75 Å². The van der Waals surface area contributed by atoms with E-state index in [4.69, 9.17) is 4.74 Å². The van der Waals surface area contributed by atoms with Gasteiger partial charge in [0.05, 0.1) is 7.11 Å². The SMILES string of the molecule is COc1ccc(/[N+]([O-])=C/C=C/c2ccccc2)cc1. The van der Waals surface area contributed by atoms with Gasteiger partial charge >= 0.3 is 0 Å². The van der Waals surface area contributed by atoms with E-state index in [0.29, 0.717) is 5.69 Å². The van der Waals surface area contributed by atoms with Gasteiger partial charge in [-0.2, -0.15) is 4.74 Å². The van der Waals surface area contributed by atoms with Crippen LogP contribution in [-0.2, 0) is 0 Å². The fraction of sp³-hybridized carbons (Fsp3) is 0.0625. The molecule has 0 atom stereocenters. The maximum atomic E-state index is 11.8. The molecule has 96 valence electrons. The lowest BCUT2D eigenvalue weighted by atomic mass is 10.2. The molecule has 3 nitrogen and oxygen atoms in total. The van der Waals surface area contributed by atoms with Gasteiger partial charge in [-0.3, -0.25) is 0 Å². The summed E-state index contributed by atoms with van der Waals surface area (Å²) >= 11 is 0. The summed E-state index contributed by atoms with van der Waals surface area (Å²) in [7, 11) is 1.60. The van der Waals surface area contributed by atoms with Gasteiger partial charge in [0.1, 0.15) is 5.75 Å². The lowest BCUT2D eigenvalue weighted by Crippen LogP contribution is -1.95. The average Bonchev–Trinajstić information content (AvgIpc) is 2.48. The van der Waals surface area contributed by atoms with Crippen LogP contribution >= 0.6 is 0 Å². The highest BCUT2D eigenvalue weighted by atomic mass is 16.5. The summed E-state index contributed by atoms with van der Waals surface area (Å²) in [6.45, 7) is 0. The van der Waals surface area contributed by atoms with Gasteiger partial charge in [-0.1, -0.05) is 30.3 Å². The molecule has 0 saturated carbocycles. The molecule has 2 rings (SSSR count). The van der Waals surface area contributed by atoms with Gasteiger partial charge < -0.3 is 9.94 Å².